The number of para-hydroxylation sites is 1. The summed E-state index contributed by atoms with van der Waals surface area (Å²) in [6, 6.07) is 23.2. The largest absolute Gasteiger partial charge is 0.488 e. The van der Waals surface area contributed by atoms with Gasteiger partial charge < -0.3 is 4.74 Å². The lowest BCUT2D eigenvalue weighted by atomic mass is 10.1. The Morgan fingerprint density at radius 1 is 0.968 bits per heavy atom. The Labute approximate surface area is 194 Å². The number of halogens is 1. The standard InChI is InChI=1S/C25H20BrNO3S/c1-17-5-4-6-19(13-17)16-30-22-8-3-2-7-20(22)14-23-24(28)27(25(29)31-23)15-18-9-11-21(26)12-10-18/h2-14H,15-16H2,1H3/b23-14-. The average Bonchev–Trinajstić information content (AvgIpc) is 3.02. The predicted molar refractivity (Wildman–Crippen MR) is 128 cm³/mol. The maximum Gasteiger partial charge on any atom is 0.293 e. The number of imide groups is 1. The van der Waals surface area contributed by atoms with Crippen molar-refractivity contribution >= 4 is 44.9 Å². The molecular weight excluding hydrogens is 474 g/mol. The first kappa shape index (κ1) is 21.4. The minimum atomic E-state index is -0.286. The fourth-order valence-corrected chi connectivity index (χ4v) is 4.34. The Bertz CT molecular complexity index is 1160. The van der Waals surface area contributed by atoms with Crippen LogP contribution in [0.25, 0.3) is 6.08 Å². The predicted octanol–water partition coefficient (Wildman–Crippen LogP) is 6.57. The SMILES string of the molecule is Cc1cccc(COc2ccccc2/C=C2\SC(=O)N(Cc3ccc(Br)cc3)C2=O)c1. The Morgan fingerprint density at radius 2 is 1.74 bits per heavy atom. The highest BCUT2D eigenvalue weighted by Crippen LogP contribution is 2.35. The minimum Gasteiger partial charge on any atom is -0.488 e. The number of nitrogens with zero attached hydrogens (tertiary/aromatic N) is 1. The smallest absolute Gasteiger partial charge is 0.293 e. The van der Waals surface area contributed by atoms with Gasteiger partial charge in [0.15, 0.2) is 0 Å². The van der Waals surface area contributed by atoms with Gasteiger partial charge in [-0.3, -0.25) is 14.5 Å². The molecule has 0 atom stereocenters. The third-order valence-corrected chi connectivity index (χ3v) is 6.25. The van der Waals surface area contributed by atoms with E-state index in [-0.39, 0.29) is 17.7 Å². The van der Waals surface area contributed by atoms with E-state index in [2.05, 4.69) is 22.0 Å². The van der Waals surface area contributed by atoms with Crippen molar-refractivity contribution in [3.63, 3.8) is 0 Å². The van der Waals surface area contributed by atoms with Crippen LogP contribution in [0.15, 0.2) is 82.2 Å². The number of hydrogen-bond donors (Lipinski definition) is 0. The number of carbonyl (C=O) groups excluding carboxylic acids is 2. The Balaban J connectivity index is 1.51. The summed E-state index contributed by atoms with van der Waals surface area (Å²) in [7, 11) is 0. The lowest BCUT2D eigenvalue weighted by Gasteiger charge is -2.12. The third kappa shape index (κ3) is 5.27. The molecule has 6 heteroatoms. The van der Waals surface area contributed by atoms with Gasteiger partial charge in [-0.15, -0.1) is 0 Å². The molecule has 3 aromatic rings. The van der Waals surface area contributed by atoms with Gasteiger partial charge >= 0.3 is 0 Å². The fourth-order valence-electron chi connectivity index (χ4n) is 3.24. The summed E-state index contributed by atoms with van der Waals surface area (Å²) >= 11 is 4.35. The van der Waals surface area contributed by atoms with Gasteiger partial charge in [0.2, 0.25) is 0 Å². The topological polar surface area (TPSA) is 46.6 Å². The van der Waals surface area contributed by atoms with Gasteiger partial charge in [-0.1, -0.05) is 76.1 Å². The summed E-state index contributed by atoms with van der Waals surface area (Å²) in [6.07, 6.45) is 1.73. The van der Waals surface area contributed by atoms with Crippen LogP contribution in [0.3, 0.4) is 0 Å². The van der Waals surface area contributed by atoms with Gasteiger partial charge in [0.1, 0.15) is 12.4 Å². The molecule has 3 aromatic carbocycles. The Kier molecular flexibility index (Phi) is 6.59. The summed E-state index contributed by atoms with van der Waals surface area (Å²) in [5, 5.41) is -0.266. The van der Waals surface area contributed by atoms with Crippen LogP contribution in [0.4, 0.5) is 4.79 Å². The summed E-state index contributed by atoms with van der Waals surface area (Å²) in [5.74, 6) is 0.384. The molecule has 2 amide bonds. The maximum atomic E-state index is 12.9. The number of ether oxygens (including phenoxy) is 1. The van der Waals surface area contributed by atoms with Gasteiger partial charge in [0.25, 0.3) is 11.1 Å². The van der Waals surface area contributed by atoms with Crippen LogP contribution in [-0.2, 0) is 17.9 Å². The molecule has 0 unspecified atom stereocenters. The lowest BCUT2D eigenvalue weighted by Crippen LogP contribution is -2.27. The van der Waals surface area contributed by atoms with Gasteiger partial charge in [0, 0.05) is 10.0 Å². The van der Waals surface area contributed by atoms with E-state index in [1.165, 1.54) is 10.5 Å². The first-order chi connectivity index (χ1) is 15.0. The van der Waals surface area contributed by atoms with Crippen LogP contribution < -0.4 is 4.74 Å². The summed E-state index contributed by atoms with van der Waals surface area (Å²) in [5.41, 5.74) is 3.91. The molecule has 0 aromatic heterocycles. The number of thioether (sulfide) groups is 1. The third-order valence-electron chi connectivity index (χ3n) is 4.81. The van der Waals surface area contributed by atoms with E-state index < -0.39 is 0 Å². The van der Waals surface area contributed by atoms with Gasteiger partial charge in [-0.2, -0.15) is 0 Å². The second-order valence-electron chi connectivity index (χ2n) is 7.21. The van der Waals surface area contributed by atoms with E-state index in [1.54, 1.807) is 6.08 Å². The van der Waals surface area contributed by atoms with Crippen molar-refractivity contribution in [2.45, 2.75) is 20.1 Å². The molecular formula is C25H20BrNO3S. The van der Waals surface area contributed by atoms with Gasteiger partial charge in [-0.05, 0) is 54.1 Å². The lowest BCUT2D eigenvalue weighted by molar-refractivity contribution is -0.123. The van der Waals surface area contributed by atoms with Gasteiger partial charge in [-0.25, -0.2) is 0 Å². The van der Waals surface area contributed by atoms with Crippen molar-refractivity contribution in [1.29, 1.82) is 0 Å². The van der Waals surface area contributed by atoms with Crippen molar-refractivity contribution in [3.8, 4) is 5.75 Å². The quantitative estimate of drug-likeness (QED) is 0.364. The van der Waals surface area contributed by atoms with Crippen molar-refractivity contribution < 1.29 is 14.3 Å². The molecule has 1 heterocycles. The molecule has 0 spiro atoms. The molecule has 0 aliphatic carbocycles. The van der Waals surface area contributed by atoms with Crippen LogP contribution >= 0.6 is 27.7 Å². The van der Waals surface area contributed by atoms with Crippen molar-refractivity contribution in [1.82, 2.24) is 4.90 Å². The Morgan fingerprint density at radius 3 is 2.52 bits per heavy atom. The molecule has 0 saturated carbocycles. The monoisotopic (exact) mass is 493 g/mol. The molecule has 0 N–H and O–H groups in total. The van der Waals surface area contributed by atoms with Crippen LogP contribution in [0, 0.1) is 6.92 Å². The van der Waals surface area contributed by atoms with Gasteiger partial charge in [0.05, 0.1) is 11.4 Å². The highest BCUT2D eigenvalue weighted by atomic mass is 79.9. The van der Waals surface area contributed by atoms with Crippen LogP contribution in [-0.4, -0.2) is 16.0 Å². The molecule has 4 nitrogen and oxygen atoms in total. The zero-order chi connectivity index (χ0) is 21.8. The summed E-state index contributed by atoms with van der Waals surface area (Å²) < 4.78 is 6.97. The number of rotatable bonds is 6. The molecule has 0 bridgehead atoms. The zero-order valence-corrected chi connectivity index (χ0v) is 19.3. The molecule has 0 radical (unpaired) electrons. The zero-order valence-electron chi connectivity index (χ0n) is 16.9. The van der Waals surface area contributed by atoms with Crippen LogP contribution in [0.5, 0.6) is 5.75 Å². The highest BCUT2D eigenvalue weighted by molar-refractivity contribution is 9.10. The van der Waals surface area contributed by atoms with E-state index in [0.717, 1.165) is 32.9 Å². The highest BCUT2D eigenvalue weighted by Gasteiger charge is 2.35. The number of hydrogen-bond acceptors (Lipinski definition) is 4. The Hall–Kier alpha value is -2.83. The van der Waals surface area contributed by atoms with Crippen LogP contribution in [0.1, 0.15) is 22.3 Å². The van der Waals surface area contributed by atoms with Crippen molar-refractivity contribution in [3.05, 3.63) is 104 Å². The van der Waals surface area contributed by atoms with Crippen LogP contribution in [0.2, 0.25) is 0 Å². The first-order valence-corrected chi connectivity index (χ1v) is 11.4. The summed E-state index contributed by atoms with van der Waals surface area (Å²) in [6.45, 7) is 2.72. The van der Waals surface area contributed by atoms with E-state index >= 15 is 0 Å². The van der Waals surface area contributed by atoms with E-state index in [1.807, 2.05) is 73.7 Å². The molecule has 31 heavy (non-hydrogen) atoms. The second kappa shape index (κ2) is 9.54. The molecule has 1 fully saturated rings. The maximum absolute atomic E-state index is 12.9. The number of aryl methyl sites for hydroxylation is 1. The second-order valence-corrected chi connectivity index (χ2v) is 9.12. The first-order valence-electron chi connectivity index (χ1n) is 9.77. The molecule has 156 valence electrons. The normalized spacial score (nSPS) is 15.0. The van der Waals surface area contributed by atoms with Crippen molar-refractivity contribution in [2.24, 2.45) is 0 Å². The summed E-state index contributed by atoms with van der Waals surface area (Å²) in [4.78, 5) is 27.0. The van der Waals surface area contributed by atoms with E-state index in [0.29, 0.717) is 17.3 Å². The number of amides is 2. The average molecular weight is 494 g/mol. The van der Waals surface area contributed by atoms with Crippen molar-refractivity contribution in [2.75, 3.05) is 0 Å². The molecule has 1 saturated heterocycles. The number of carbonyl (C=O) groups is 2. The molecule has 1 aliphatic heterocycles. The molecule has 1 aliphatic rings. The fraction of sp³-hybridized carbons (Fsp3) is 0.120. The van der Waals surface area contributed by atoms with E-state index in [9.17, 15) is 9.59 Å². The minimum absolute atomic E-state index is 0.251. The number of benzene rings is 3. The van der Waals surface area contributed by atoms with E-state index in [4.69, 9.17) is 4.74 Å². The molecule has 4 rings (SSSR count).